The normalized spacial score (nSPS) is 40.6. The van der Waals surface area contributed by atoms with E-state index in [0.717, 1.165) is 17.9 Å². The molecule has 1 saturated heterocycles. The lowest BCUT2D eigenvalue weighted by molar-refractivity contribution is 0.136. The summed E-state index contributed by atoms with van der Waals surface area (Å²) in [6.07, 6.45) is 7.22. The summed E-state index contributed by atoms with van der Waals surface area (Å²) < 4.78 is 0. The molecule has 76 valence electrons. The van der Waals surface area contributed by atoms with Gasteiger partial charge in [-0.15, -0.1) is 0 Å². The fourth-order valence-corrected chi connectivity index (χ4v) is 2.72. The van der Waals surface area contributed by atoms with Crippen LogP contribution in [-0.2, 0) is 0 Å². The third-order valence-corrected chi connectivity index (χ3v) is 3.97. The molecule has 1 aliphatic carbocycles. The van der Waals surface area contributed by atoms with Gasteiger partial charge in [0.1, 0.15) is 0 Å². The van der Waals surface area contributed by atoms with Crippen molar-refractivity contribution in [2.45, 2.75) is 52.0 Å². The Balaban J connectivity index is 1.80. The summed E-state index contributed by atoms with van der Waals surface area (Å²) in [5.41, 5.74) is 0. The van der Waals surface area contributed by atoms with Crippen LogP contribution in [0.15, 0.2) is 0 Å². The van der Waals surface area contributed by atoms with Gasteiger partial charge in [0.15, 0.2) is 0 Å². The Morgan fingerprint density at radius 1 is 1.31 bits per heavy atom. The van der Waals surface area contributed by atoms with Gasteiger partial charge in [-0.1, -0.05) is 20.3 Å². The smallest absolute Gasteiger partial charge is 0.00927 e. The molecule has 1 saturated carbocycles. The molecule has 0 amide bonds. The highest BCUT2D eigenvalue weighted by atomic mass is 15.2. The van der Waals surface area contributed by atoms with Gasteiger partial charge in [-0.05, 0) is 44.1 Å². The summed E-state index contributed by atoms with van der Waals surface area (Å²) in [5.74, 6) is 2.08. The Hall–Kier alpha value is -0.0400. The number of rotatable bonds is 3. The highest BCUT2D eigenvalue weighted by Gasteiger charge is 2.35. The van der Waals surface area contributed by atoms with E-state index in [1.165, 1.54) is 45.2 Å². The monoisotopic (exact) mass is 181 g/mol. The van der Waals surface area contributed by atoms with E-state index in [1.54, 1.807) is 0 Å². The summed E-state index contributed by atoms with van der Waals surface area (Å²) in [4.78, 5) is 2.76. The lowest BCUT2D eigenvalue weighted by Gasteiger charge is -2.35. The Morgan fingerprint density at radius 3 is 2.69 bits per heavy atom. The van der Waals surface area contributed by atoms with Gasteiger partial charge in [-0.2, -0.15) is 0 Å². The lowest BCUT2D eigenvalue weighted by atomic mass is 9.99. The largest absolute Gasteiger partial charge is 0.300 e. The number of hydrogen-bond donors (Lipinski definition) is 0. The van der Waals surface area contributed by atoms with Crippen molar-refractivity contribution in [2.24, 2.45) is 11.8 Å². The van der Waals surface area contributed by atoms with Crippen LogP contribution in [0.5, 0.6) is 0 Å². The first-order valence-electron chi connectivity index (χ1n) is 6.05. The first-order valence-corrected chi connectivity index (χ1v) is 6.05. The van der Waals surface area contributed by atoms with E-state index in [1.807, 2.05) is 0 Å². The summed E-state index contributed by atoms with van der Waals surface area (Å²) in [5, 5.41) is 0. The first kappa shape index (κ1) is 9.51. The second-order valence-corrected chi connectivity index (χ2v) is 5.03. The van der Waals surface area contributed by atoms with Crippen molar-refractivity contribution in [3.8, 4) is 0 Å². The van der Waals surface area contributed by atoms with Crippen molar-refractivity contribution in [1.82, 2.24) is 4.90 Å². The maximum atomic E-state index is 2.76. The predicted molar refractivity (Wildman–Crippen MR) is 56.8 cm³/mol. The predicted octanol–water partition coefficient (Wildman–Crippen LogP) is 2.91. The fraction of sp³-hybridized carbons (Fsp3) is 1.00. The molecule has 2 aliphatic rings. The van der Waals surface area contributed by atoms with E-state index >= 15 is 0 Å². The van der Waals surface area contributed by atoms with Crippen LogP contribution in [0.1, 0.15) is 46.0 Å². The highest BCUT2D eigenvalue weighted by Crippen LogP contribution is 2.39. The van der Waals surface area contributed by atoms with Crippen LogP contribution >= 0.6 is 0 Å². The van der Waals surface area contributed by atoms with Crippen LogP contribution in [0.2, 0.25) is 0 Å². The van der Waals surface area contributed by atoms with Crippen molar-refractivity contribution in [3.05, 3.63) is 0 Å². The first-order chi connectivity index (χ1) is 6.31. The van der Waals surface area contributed by atoms with Gasteiger partial charge < -0.3 is 4.90 Å². The topological polar surface area (TPSA) is 3.24 Å². The van der Waals surface area contributed by atoms with Crippen molar-refractivity contribution >= 4 is 0 Å². The molecule has 1 heteroatoms. The van der Waals surface area contributed by atoms with Crippen LogP contribution in [0.4, 0.5) is 0 Å². The Morgan fingerprint density at radius 2 is 2.08 bits per heavy atom. The van der Waals surface area contributed by atoms with Gasteiger partial charge in [0.25, 0.3) is 0 Å². The second-order valence-electron chi connectivity index (χ2n) is 5.03. The van der Waals surface area contributed by atoms with Crippen LogP contribution in [0, 0.1) is 11.8 Å². The van der Waals surface area contributed by atoms with Crippen molar-refractivity contribution in [3.63, 3.8) is 0 Å². The molecule has 1 nitrogen and oxygen atoms in total. The molecular formula is C12H23N. The van der Waals surface area contributed by atoms with Gasteiger partial charge in [0.2, 0.25) is 0 Å². The maximum absolute atomic E-state index is 2.76. The van der Waals surface area contributed by atoms with E-state index in [2.05, 4.69) is 18.7 Å². The molecule has 1 aliphatic heterocycles. The Labute approximate surface area is 82.5 Å². The highest BCUT2D eigenvalue weighted by molar-refractivity contribution is 4.87. The maximum Gasteiger partial charge on any atom is 0.00927 e. The molecule has 1 heterocycles. The van der Waals surface area contributed by atoms with E-state index < -0.39 is 0 Å². The molecule has 0 aromatic carbocycles. The zero-order valence-corrected chi connectivity index (χ0v) is 9.13. The van der Waals surface area contributed by atoms with Gasteiger partial charge in [-0.3, -0.25) is 0 Å². The minimum absolute atomic E-state index is 0.918. The number of likely N-dealkylation sites (tertiary alicyclic amines) is 1. The van der Waals surface area contributed by atoms with Crippen LogP contribution < -0.4 is 0 Å². The average Bonchev–Trinajstić information content (AvgIpc) is 2.83. The molecule has 0 aromatic rings. The third-order valence-electron chi connectivity index (χ3n) is 3.97. The molecule has 2 rings (SSSR count). The quantitative estimate of drug-likeness (QED) is 0.647. The summed E-state index contributed by atoms with van der Waals surface area (Å²) in [6.45, 7) is 7.52. The summed E-state index contributed by atoms with van der Waals surface area (Å²) >= 11 is 0. The Bertz CT molecular complexity index is 167. The molecule has 3 atom stereocenters. The van der Waals surface area contributed by atoms with Crippen molar-refractivity contribution in [2.75, 3.05) is 13.1 Å². The molecule has 0 spiro atoms. The van der Waals surface area contributed by atoms with Crippen LogP contribution in [-0.4, -0.2) is 24.0 Å². The molecule has 13 heavy (non-hydrogen) atoms. The third kappa shape index (κ3) is 2.25. The molecule has 0 N–H and O–H groups in total. The molecule has 0 aromatic heterocycles. The molecule has 0 radical (unpaired) electrons. The van der Waals surface area contributed by atoms with E-state index in [0.29, 0.717) is 0 Å². The number of piperidine rings is 1. The molecule has 2 fully saturated rings. The molecular weight excluding hydrogens is 158 g/mol. The number of nitrogens with zero attached hydrogens (tertiary/aromatic N) is 1. The SMILES string of the molecule is CCC1CCCCN1CC1CC1C. The summed E-state index contributed by atoms with van der Waals surface area (Å²) in [6, 6.07) is 0.918. The van der Waals surface area contributed by atoms with Crippen molar-refractivity contribution in [1.29, 1.82) is 0 Å². The minimum Gasteiger partial charge on any atom is -0.300 e. The average molecular weight is 181 g/mol. The second kappa shape index (κ2) is 4.00. The molecule has 0 bridgehead atoms. The zero-order chi connectivity index (χ0) is 9.26. The minimum atomic E-state index is 0.918. The lowest BCUT2D eigenvalue weighted by Crippen LogP contribution is -2.40. The van der Waals surface area contributed by atoms with Gasteiger partial charge in [0.05, 0.1) is 0 Å². The zero-order valence-electron chi connectivity index (χ0n) is 9.13. The van der Waals surface area contributed by atoms with Crippen molar-refractivity contribution < 1.29 is 0 Å². The Kier molecular flexibility index (Phi) is 2.92. The van der Waals surface area contributed by atoms with E-state index in [-0.39, 0.29) is 0 Å². The standard InChI is InChI=1S/C12H23N/c1-3-12-6-4-5-7-13(12)9-11-8-10(11)2/h10-12H,3-9H2,1-2H3. The molecule has 3 unspecified atom stereocenters. The van der Waals surface area contributed by atoms with Crippen LogP contribution in [0.3, 0.4) is 0 Å². The van der Waals surface area contributed by atoms with Gasteiger partial charge in [-0.25, -0.2) is 0 Å². The van der Waals surface area contributed by atoms with Gasteiger partial charge >= 0.3 is 0 Å². The van der Waals surface area contributed by atoms with E-state index in [4.69, 9.17) is 0 Å². The van der Waals surface area contributed by atoms with Crippen LogP contribution in [0.25, 0.3) is 0 Å². The van der Waals surface area contributed by atoms with Gasteiger partial charge in [0, 0.05) is 12.6 Å². The summed E-state index contributed by atoms with van der Waals surface area (Å²) in [7, 11) is 0. The fourth-order valence-electron chi connectivity index (χ4n) is 2.72. The number of hydrogen-bond acceptors (Lipinski definition) is 1. The van der Waals surface area contributed by atoms with E-state index in [9.17, 15) is 0 Å².